The van der Waals surface area contributed by atoms with Gasteiger partial charge in [-0.25, -0.2) is 4.57 Å². The van der Waals surface area contributed by atoms with Crippen LogP contribution in [0.15, 0.2) is 0 Å². The second-order valence-electron chi connectivity index (χ2n) is 34.5. The standard InChI is InChI=1S/C17H36BO14P3.C14H30BO13P3.C14H29BO10P2.C11H23BO9P2.C10H20BO6P.CH4O.4CH4/c1-17(2,3)16-14(13-15(18)31-16)32-35(24,25)30-12-6-11-29-34(22,23)28-10-5-9-27-33(20,21)26-8-4-7-19;1-14(2,3)13-11(10-12(15)27-13)28-31(21,22)26-9-5-8-25-30(19,20)24-7-4-6-23-29(16,17)18;1-14(2,3)13-11(10-12(15)24-13)25-27(19,20)23-9-5-8-22-26(17,18)21-7-4-6-16;1-11(2,3)10-8(7-9(12)20-10)21-23(16,17)19-6-4-5-18-22(13,14)15;1-7(2)10-8(6-9(11)16-10)17-18(13,14)15-5-3-4-12;1-2;;;;/h14-16,19H,4-13H2,1-3H3,(H,20,21)(H,22,23)(H,24,25);11-13H,4-10H2,1-3H3,(H,19,20)(H,21,22)(H2,16,17,18);11-13,16H,4-10H2,1-3H3,(H,17,18)(H,19,20);8-10H,4-7H2,1-3H3,(H,16,17)(H2,13,14,15);7-10,12H,3-6H2,1-2H3,(H,13,14);2H,1H3;4*1H4/p-10. The van der Waals surface area contributed by atoms with Crippen LogP contribution in [0.25, 0.3) is 0 Å². The lowest BCUT2D eigenvalue weighted by Gasteiger charge is -2.34. The van der Waals surface area contributed by atoms with Gasteiger partial charge in [0, 0.05) is 56.9 Å². The molecule has 5 rings (SSSR count). The van der Waals surface area contributed by atoms with Crippen LogP contribution in [0.3, 0.4) is 0 Å². The SMILES string of the molecule is C.C.C.C.CO.[B]C1CC(OP(=O)([O-])OCCCO)C(C(C)C)O1.[B]C1CC(OP(=O)([O-])OCCCOP(=O)(O)OCCCOP(=O)([O-])O)C(C(C)(C)C)O1.[B]C1CC(OP(=O)([O-])OCCCOP(=O)([O-])O)C(C(C)(C)C)O1.[B]C1CC(OP(=O)([O-])OCCCOP(=O)([O-])OCCCO)C(C(C)(C)C)O1.[B]C1CC(OP(=O)([O-])OCCCOP(=O)([O-])OCCCOP(=O)([O-])OCCCO)C(C(C)(C)C)O1. The summed E-state index contributed by atoms with van der Waals surface area (Å²) >= 11 is 0. The van der Waals surface area contributed by atoms with E-state index in [4.69, 9.17) is 129 Å². The van der Waals surface area contributed by atoms with Gasteiger partial charge in [-0.3, -0.25) is 54.7 Å². The van der Waals surface area contributed by atoms with E-state index in [9.17, 15) is 104 Å². The molecule has 0 spiro atoms. The molecule has 0 saturated carbocycles. The van der Waals surface area contributed by atoms with Gasteiger partial charge in [0.2, 0.25) is 0 Å². The molecule has 0 aromatic carbocycles. The zero-order valence-corrected chi connectivity index (χ0v) is 88.4. The summed E-state index contributed by atoms with van der Waals surface area (Å²) < 4.78 is 247. The minimum absolute atomic E-state index is 0. The van der Waals surface area contributed by atoms with E-state index in [1.165, 1.54) is 0 Å². The zero-order chi connectivity index (χ0) is 105. The molecule has 140 heavy (non-hydrogen) atoms. The molecule has 5 heterocycles. The monoisotopic (exact) mass is 2240 g/mol. The third-order valence-corrected chi connectivity index (χ3v) is 27.6. The Morgan fingerprint density at radius 3 is 0.607 bits per heavy atom. The maximum absolute atomic E-state index is 12.1. The van der Waals surface area contributed by atoms with Gasteiger partial charge < -0.3 is 189 Å². The van der Waals surface area contributed by atoms with Crippen molar-refractivity contribution in [3.63, 3.8) is 0 Å². The van der Waals surface area contributed by atoms with Crippen LogP contribution in [-0.4, -0.2) is 291 Å². The maximum Gasteiger partial charge on any atom is 0.472 e. The molecule has 0 aromatic heterocycles. The van der Waals surface area contributed by atoms with Gasteiger partial charge in [-0.2, -0.15) is 0 Å². The van der Waals surface area contributed by atoms with Crippen molar-refractivity contribution < 1.29 is 248 Å². The Morgan fingerprint density at radius 2 is 0.429 bits per heavy atom. The predicted octanol–water partition coefficient (Wildman–Crippen LogP) is 3.77. The molecule has 10 radical (unpaired) electrons. The van der Waals surface area contributed by atoms with Crippen LogP contribution in [0.4, 0.5) is 0 Å². The molecule has 7 N–H and O–H groups in total. The summed E-state index contributed by atoms with van der Waals surface area (Å²) in [5, 5.41) is 32.7. The Hall–Kier alpha value is 1.17. The fourth-order valence-corrected chi connectivity index (χ4v) is 20.5. The Bertz CT molecular complexity index is 3870. The highest BCUT2D eigenvalue weighted by Gasteiger charge is 2.47. The van der Waals surface area contributed by atoms with Gasteiger partial charge in [-0.1, -0.05) is 127 Å². The van der Waals surface area contributed by atoms with E-state index in [2.05, 4.69) is 54.3 Å². The molecule has 0 aliphatic carbocycles. The lowest BCUT2D eigenvalue weighted by molar-refractivity contribution is -0.234. The summed E-state index contributed by atoms with van der Waals surface area (Å²) in [6, 6.07) is -3.07. The Balaban J connectivity index is -0.000000544. The van der Waals surface area contributed by atoms with Gasteiger partial charge in [0.25, 0.3) is 78.2 Å². The first-order chi connectivity index (χ1) is 62.1. The summed E-state index contributed by atoms with van der Waals surface area (Å²) in [5.74, 6) is 0.0981. The second kappa shape index (κ2) is 70.6. The van der Waals surface area contributed by atoms with Crippen molar-refractivity contribution in [1.29, 1.82) is 0 Å². The second-order valence-corrected chi connectivity index (χ2v) is 49.4. The van der Waals surface area contributed by atoms with E-state index in [0.717, 1.165) is 7.11 Å². The average molecular weight is 2240 g/mol. The minimum atomic E-state index is -4.86. The molecule has 5 saturated heterocycles. The first kappa shape index (κ1) is 150. The molecule has 0 bridgehead atoms. The fourth-order valence-electron chi connectivity index (χ4n) is 11.9. The summed E-state index contributed by atoms with van der Waals surface area (Å²) in [5.41, 5.74) is -1.58. The van der Waals surface area contributed by atoms with Crippen molar-refractivity contribution in [2.24, 2.45) is 27.6 Å². The van der Waals surface area contributed by atoms with Crippen LogP contribution >= 0.6 is 86.0 Å². The molecule has 53 nitrogen and oxygen atoms in total. The highest BCUT2D eigenvalue weighted by molar-refractivity contribution is 7.48. The van der Waals surface area contributed by atoms with Crippen molar-refractivity contribution in [3.8, 4) is 0 Å². The molecule has 0 aromatic rings. The molecule has 830 valence electrons. The third kappa shape index (κ3) is 71.9. The predicted molar refractivity (Wildman–Crippen MR) is 490 cm³/mol. The normalized spacial score (nSPS) is 27.3. The quantitative estimate of drug-likeness (QED) is 0.0259. The van der Waals surface area contributed by atoms with Gasteiger partial charge in [0.15, 0.2) is 0 Å². The van der Waals surface area contributed by atoms with E-state index in [0.29, 0.717) is 6.42 Å². The van der Waals surface area contributed by atoms with E-state index in [1.807, 2.05) is 96.9 Å². The lowest BCUT2D eigenvalue weighted by Crippen LogP contribution is -2.37. The topological polar surface area (TPSA) is 791 Å². The number of phosphoric acid groups is 11. The molecule has 5 aliphatic heterocycles. The van der Waals surface area contributed by atoms with Gasteiger partial charge in [0.05, 0.1) is 160 Å². The fraction of sp³-hybridized carbons (Fsp3) is 1.00. The Morgan fingerprint density at radius 1 is 0.271 bits per heavy atom. The van der Waals surface area contributed by atoms with Gasteiger partial charge >= 0.3 is 7.82 Å². The average Bonchev–Trinajstić information content (AvgIpc) is 1.66. The van der Waals surface area contributed by atoms with Crippen LogP contribution in [0, 0.1) is 27.6 Å². The van der Waals surface area contributed by atoms with Crippen LogP contribution < -0.4 is 48.9 Å². The number of aliphatic hydroxyl groups excluding tert-OH is 4. The Labute approximate surface area is 830 Å². The molecular weight excluding hydrogens is 2100 g/mol. The number of aliphatic hydroxyl groups is 4. The molecular formula is C71H148B5O53P11-10. The summed E-state index contributed by atoms with van der Waals surface area (Å²) in [4.78, 5) is 141. The molecule has 26 unspecified atom stereocenters. The summed E-state index contributed by atoms with van der Waals surface area (Å²) in [6.45, 7) is 20.5. The first-order valence-corrected chi connectivity index (χ1v) is 58.6. The molecule has 5 aliphatic rings. The zero-order valence-electron chi connectivity index (χ0n) is 78.6. The van der Waals surface area contributed by atoms with Gasteiger partial charge in [-0.15, -0.1) is 0 Å². The number of ether oxygens (including phenoxy) is 5. The summed E-state index contributed by atoms with van der Waals surface area (Å²) in [7, 11) is -21.4. The van der Waals surface area contributed by atoms with E-state index >= 15 is 0 Å². The van der Waals surface area contributed by atoms with Gasteiger partial charge in [-0.05, 0) is 117 Å². The van der Waals surface area contributed by atoms with Crippen molar-refractivity contribution in [3.05, 3.63) is 0 Å². The van der Waals surface area contributed by atoms with E-state index < -0.39 is 215 Å². The van der Waals surface area contributed by atoms with E-state index in [1.54, 1.807) is 0 Å². The molecule has 0 amide bonds. The molecule has 69 heteroatoms. The highest BCUT2D eigenvalue weighted by Crippen LogP contribution is 2.53. The van der Waals surface area contributed by atoms with E-state index in [-0.39, 0.29) is 222 Å². The molecule has 5 fully saturated rings. The van der Waals surface area contributed by atoms with Crippen molar-refractivity contribution >= 4 is 125 Å². The van der Waals surface area contributed by atoms with Crippen LogP contribution in [-0.2, 0) is 164 Å². The largest absolute Gasteiger partial charge is 0.756 e. The number of rotatable bonds is 59. The van der Waals surface area contributed by atoms with Gasteiger partial charge in [0.1, 0.15) is 39.2 Å². The Kier molecular flexibility index (Phi) is 75.4. The van der Waals surface area contributed by atoms with Crippen molar-refractivity contribution in [2.45, 2.75) is 308 Å². The van der Waals surface area contributed by atoms with Crippen molar-refractivity contribution in [2.75, 3.05) is 126 Å². The minimum Gasteiger partial charge on any atom is -0.756 e. The van der Waals surface area contributed by atoms with Crippen LogP contribution in [0.1, 0.15) is 217 Å². The highest BCUT2D eigenvalue weighted by atomic mass is 31.2. The van der Waals surface area contributed by atoms with Crippen molar-refractivity contribution in [1.82, 2.24) is 0 Å². The van der Waals surface area contributed by atoms with Crippen LogP contribution in [0.2, 0.25) is 0 Å². The smallest absolute Gasteiger partial charge is 0.472 e. The summed E-state index contributed by atoms with van der Waals surface area (Å²) in [6.07, 6.45) is -5.09. The lowest BCUT2D eigenvalue weighted by atomic mass is 9.85. The number of phosphoric ester groups is 11. The first-order valence-electron chi connectivity index (χ1n) is 42.4. The number of hydrogen-bond acceptors (Lipinski definition) is 50. The third-order valence-electron chi connectivity index (χ3n) is 17.5. The number of hydrogen-bond donors (Lipinski definition) is 7. The maximum atomic E-state index is 12.1. The van der Waals surface area contributed by atoms with Crippen LogP contribution in [0.5, 0.6) is 0 Å². The molecule has 26 atom stereocenters.